The number of carbonyl (C=O) groups excluding carboxylic acids is 1. The number of nitriles is 1. The van der Waals surface area contributed by atoms with Crippen molar-refractivity contribution in [2.24, 2.45) is 0 Å². The van der Waals surface area contributed by atoms with Gasteiger partial charge < -0.3 is 4.90 Å². The zero-order chi connectivity index (χ0) is 18.6. The molecule has 2 aliphatic rings. The first kappa shape index (κ1) is 18.2. The van der Waals surface area contributed by atoms with E-state index in [1.165, 1.54) is 29.7 Å². The summed E-state index contributed by atoms with van der Waals surface area (Å²) in [5, 5.41) is 9.63. The van der Waals surface area contributed by atoms with Crippen molar-refractivity contribution in [3.8, 4) is 6.07 Å². The van der Waals surface area contributed by atoms with Crippen molar-refractivity contribution in [2.45, 2.75) is 38.1 Å². The Morgan fingerprint density at radius 1 is 1.04 bits per heavy atom. The molecule has 1 unspecified atom stereocenters. The van der Waals surface area contributed by atoms with E-state index < -0.39 is 0 Å². The Morgan fingerprint density at radius 2 is 1.78 bits per heavy atom. The molecule has 1 saturated heterocycles. The molecule has 5 heteroatoms. The summed E-state index contributed by atoms with van der Waals surface area (Å²) in [4.78, 5) is 19.4. The third-order valence-corrected chi connectivity index (χ3v) is 6.89. The summed E-state index contributed by atoms with van der Waals surface area (Å²) in [7, 11) is 0. The largest absolute Gasteiger partial charge is 0.335 e. The van der Waals surface area contributed by atoms with Gasteiger partial charge in [0.25, 0.3) is 5.91 Å². The number of hydrogen-bond donors (Lipinski definition) is 0. The summed E-state index contributed by atoms with van der Waals surface area (Å²) in [6.45, 7) is 2.85. The second kappa shape index (κ2) is 8.24. The van der Waals surface area contributed by atoms with E-state index in [-0.39, 0.29) is 11.9 Å². The molecule has 1 aliphatic carbocycles. The van der Waals surface area contributed by atoms with Crippen LogP contribution < -0.4 is 0 Å². The Morgan fingerprint density at radius 3 is 2.52 bits per heavy atom. The normalized spacial score (nSPS) is 19.0. The van der Waals surface area contributed by atoms with Crippen LogP contribution >= 0.6 is 11.3 Å². The van der Waals surface area contributed by atoms with Crippen molar-refractivity contribution in [2.75, 3.05) is 26.2 Å². The lowest BCUT2D eigenvalue weighted by Crippen LogP contribution is -2.49. The smallest absolute Gasteiger partial charge is 0.264 e. The van der Waals surface area contributed by atoms with Gasteiger partial charge in [0.2, 0.25) is 0 Å². The second-order valence-electron chi connectivity index (χ2n) is 7.39. The molecule has 4 nitrogen and oxygen atoms in total. The maximum atomic E-state index is 13.0. The molecule has 1 amide bonds. The zero-order valence-corrected chi connectivity index (χ0v) is 16.4. The summed E-state index contributed by atoms with van der Waals surface area (Å²) in [5.74, 6) is 0.168. The van der Waals surface area contributed by atoms with Crippen LogP contribution in [0.25, 0.3) is 0 Å². The predicted octanol–water partition coefficient (Wildman–Crippen LogP) is 4.04. The highest BCUT2D eigenvalue weighted by Crippen LogP contribution is 2.30. The Balaban J connectivity index is 1.40. The van der Waals surface area contributed by atoms with Crippen LogP contribution in [0.5, 0.6) is 0 Å². The average Bonchev–Trinajstić information content (AvgIpc) is 3.00. The number of rotatable bonds is 3. The average molecular weight is 380 g/mol. The Hall–Kier alpha value is -2.16. The third-order valence-electron chi connectivity index (χ3n) is 5.66. The number of nitrogens with zero attached hydrogens (tertiary/aromatic N) is 3. The predicted molar refractivity (Wildman–Crippen MR) is 108 cm³/mol. The van der Waals surface area contributed by atoms with Crippen molar-refractivity contribution in [1.29, 1.82) is 5.26 Å². The zero-order valence-electron chi connectivity index (χ0n) is 15.6. The second-order valence-corrected chi connectivity index (χ2v) is 8.53. The number of benzene rings is 1. The molecule has 27 heavy (non-hydrogen) atoms. The molecular weight excluding hydrogens is 354 g/mol. The van der Waals surface area contributed by atoms with Gasteiger partial charge in [0.05, 0.1) is 10.9 Å². The maximum Gasteiger partial charge on any atom is 0.264 e. The minimum atomic E-state index is -0.235. The van der Waals surface area contributed by atoms with E-state index in [4.69, 9.17) is 0 Å². The molecule has 0 saturated carbocycles. The highest BCUT2D eigenvalue weighted by Gasteiger charge is 2.28. The minimum absolute atomic E-state index is 0.168. The Bertz CT molecular complexity index is 807. The molecule has 1 aliphatic heterocycles. The van der Waals surface area contributed by atoms with Crippen molar-refractivity contribution in [3.63, 3.8) is 0 Å². The lowest BCUT2D eigenvalue weighted by Gasteiger charge is -2.36. The van der Waals surface area contributed by atoms with Gasteiger partial charge in [0, 0.05) is 31.1 Å². The van der Waals surface area contributed by atoms with E-state index in [2.05, 4.69) is 17.0 Å². The van der Waals surface area contributed by atoms with Gasteiger partial charge in [-0.1, -0.05) is 36.8 Å². The number of hydrogen-bond acceptors (Lipinski definition) is 4. The molecule has 140 valence electrons. The van der Waals surface area contributed by atoms with Crippen LogP contribution in [0.1, 0.15) is 51.0 Å². The first-order valence-corrected chi connectivity index (χ1v) is 10.7. The lowest BCUT2D eigenvalue weighted by molar-refractivity contribution is 0.0611. The molecule has 1 fully saturated rings. The van der Waals surface area contributed by atoms with Gasteiger partial charge in [0.1, 0.15) is 6.04 Å². The fourth-order valence-corrected chi connectivity index (χ4v) is 5.34. The van der Waals surface area contributed by atoms with Crippen molar-refractivity contribution < 1.29 is 4.79 Å². The molecule has 1 aromatic heterocycles. The molecule has 2 heterocycles. The first-order chi connectivity index (χ1) is 13.3. The summed E-state index contributed by atoms with van der Waals surface area (Å²) in [5.41, 5.74) is 2.43. The van der Waals surface area contributed by atoms with Crippen LogP contribution in [0.2, 0.25) is 0 Å². The van der Waals surface area contributed by atoms with E-state index in [9.17, 15) is 10.1 Å². The summed E-state index contributed by atoms with van der Waals surface area (Å²) >= 11 is 1.70. The summed E-state index contributed by atoms with van der Waals surface area (Å²) < 4.78 is 0. The number of amides is 1. The van der Waals surface area contributed by atoms with Crippen molar-refractivity contribution in [3.05, 3.63) is 57.3 Å². The molecule has 2 aromatic rings. The van der Waals surface area contributed by atoms with Gasteiger partial charge in [0.15, 0.2) is 0 Å². The quantitative estimate of drug-likeness (QED) is 0.756. The summed E-state index contributed by atoms with van der Waals surface area (Å²) in [6.07, 6.45) is 6.03. The third kappa shape index (κ3) is 3.92. The fourth-order valence-electron chi connectivity index (χ4n) is 4.11. The molecule has 0 bridgehead atoms. The maximum absolute atomic E-state index is 13.0. The van der Waals surface area contributed by atoms with Crippen LogP contribution in [0, 0.1) is 11.3 Å². The topological polar surface area (TPSA) is 47.3 Å². The van der Waals surface area contributed by atoms with Crippen LogP contribution in [-0.4, -0.2) is 41.9 Å². The van der Waals surface area contributed by atoms with Gasteiger partial charge in [-0.25, -0.2) is 0 Å². The number of piperazine rings is 1. The van der Waals surface area contributed by atoms with Crippen molar-refractivity contribution in [1.82, 2.24) is 9.80 Å². The highest BCUT2D eigenvalue weighted by molar-refractivity contribution is 7.14. The Labute approximate surface area is 165 Å². The number of aryl methyl sites for hydroxylation is 2. The minimum Gasteiger partial charge on any atom is -0.335 e. The van der Waals surface area contributed by atoms with Gasteiger partial charge in [-0.3, -0.25) is 9.69 Å². The molecule has 4 rings (SSSR count). The fraction of sp³-hybridized carbons (Fsp3) is 0.455. The van der Waals surface area contributed by atoms with E-state index in [0.29, 0.717) is 13.1 Å². The van der Waals surface area contributed by atoms with Crippen LogP contribution in [-0.2, 0) is 12.8 Å². The molecule has 0 radical (unpaired) electrons. The highest BCUT2D eigenvalue weighted by atomic mass is 32.1. The molecule has 0 N–H and O–H groups in total. The molecule has 0 spiro atoms. The monoisotopic (exact) mass is 379 g/mol. The number of thiophene rings is 1. The molecular formula is C22H25N3OS. The molecule has 1 atom stereocenters. The summed E-state index contributed by atoms with van der Waals surface area (Å²) in [6, 6.07) is 14.3. The van der Waals surface area contributed by atoms with Gasteiger partial charge in [-0.05, 0) is 42.9 Å². The molecule has 1 aromatic carbocycles. The number of fused-ring (bicyclic) bond motifs is 1. The van der Waals surface area contributed by atoms with Crippen LogP contribution in [0.4, 0.5) is 0 Å². The van der Waals surface area contributed by atoms with Crippen LogP contribution in [0.3, 0.4) is 0 Å². The van der Waals surface area contributed by atoms with Gasteiger partial charge >= 0.3 is 0 Å². The van der Waals surface area contributed by atoms with Crippen LogP contribution in [0.15, 0.2) is 36.4 Å². The van der Waals surface area contributed by atoms with Gasteiger partial charge in [-0.15, -0.1) is 11.3 Å². The SMILES string of the molecule is N#CC(c1ccccc1)N1CCN(C(=O)c2cc3c(s2)CCCCC3)CC1. The van der Waals surface area contributed by atoms with E-state index >= 15 is 0 Å². The van der Waals surface area contributed by atoms with Crippen molar-refractivity contribution >= 4 is 17.2 Å². The number of carbonyl (C=O) groups is 1. The standard InChI is InChI=1S/C22H25N3OS/c23-16-19(17-7-3-1-4-8-17)24-11-13-25(14-12-24)22(26)21-15-18-9-5-2-6-10-20(18)27-21/h1,3-4,7-8,15,19H,2,5-6,9-14H2. The van der Waals surface area contributed by atoms with E-state index in [1.807, 2.05) is 35.2 Å². The first-order valence-electron chi connectivity index (χ1n) is 9.86. The van der Waals surface area contributed by atoms with E-state index in [1.54, 1.807) is 11.3 Å². The van der Waals surface area contributed by atoms with Gasteiger partial charge in [-0.2, -0.15) is 5.26 Å². The Kier molecular flexibility index (Phi) is 5.56. The van der Waals surface area contributed by atoms with E-state index in [0.717, 1.165) is 36.4 Å². The lowest BCUT2D eigenvalue weighted by atomic mass is 10.1.